The molecule has 3 aliphatic rings. The molecule has 4 atom stereocenters. The number of carbonyl (C=O) groups excluding carboxylic acids is 1. The van der Waals surface area contributed by atoms with Crippen molar-refractivity contribution < 1.29 is 9.18 Å². The first kappa shape index (κ1) is 20.5. The molecule has 6 rings (SSSR count). The van der Waals surface area contributed by atoms with E-state index < -0.39 is 0 Å². The number of benzene rings is 1. The molecule has 2 heterocycles. The molecule has 3 nitrogen and oxygen atoms in total. The summed E-state index contributed by atoms with van der Waals surface area (Å²) in [6.07, 6.45) is 16.1. The van der Waals surface area contributed by atoms with Gasteiger partial charge in [-0.05, 0) is 104 Å². The highest BCUT2D eigenvalue weighted by atomic mass is 19.1. The van der Waals surface area contributed by atoms with Crippen LogP contribution in [0, 0.1) is 41.3 Å². The van der Waals surface area contributed by atoms with Gasteiger partial charge in [0.05, 0.1) is 5.52 Å². The predicted octanol–water partition coefficient (Wildman–Crippen LogP) is 5.86. The van der Waals surface area contributed by atoms with Crippen LogP contribution in [-0.4, -0.2) is 15.8 Å². The third kappa shape index (κ3) is 3.55. The quantitative estimate of drug-likeness (QED) is 0.469. The van der Waals surface area contributed by atoms with E-state index in [1.54, 1.807) is 18.3 Å². The van der Waals surface area contributed by atoms with Gasteiger partial charge in [-0.25, -0.2) is 9.37 Å². The van der Waals surface area contributed by atoms with E-state index in [2.05, 4.69) is 22.0 Å². The van der Waals surface area contributed by atoms with Crippen molar-refractivity contribution in [2.24, 2.45) is 23.2 Å². The summed E-state index contributed by atoms with van der Waals surface area (Å²) in [5, 5.41) is 0.956. The van der Waals surface area contributed by atoms with Crippen LogP contribution in [0.5, 0.6) is 0 Å². The molecule has 0 bridgehead atoms. The minimum Gasteiger partial charge on any atom is -0.299 e. The molecule has 0 aliphatic heterocycles. The van der Waals surface area contributed by atoms with Crippen LogP contribution in [0.1, 0.15) is 61.3 Å². The Hall–Kier alpha value is -3.06. The minimum absolute atomic E-state index is 0.114. The maximum atomic E-state index is 13.9. The summed E-state index contributed by atoms with van der Waals surface area (Å²) in [6, 6.07) is 10.7. The van der Waals surface area contributed by atoms with Gasteiger partial charge in [0.2, 0.25) is 0 Å². The van der Waals surface area contributed by atoms with Crippen molar-refractivity contribution in [3.63, 3.8) is 0 Å². The maximum absolute atomic E-state index is 13.9. The molecule has 33 heavy (non-hydrogen) atoms. The summed E-state index contributed by atoms with van der Waals surface area (Å²) in [5.74, 6) is 5.00. The van der Waals surface area contributed by atoms with Crippen molar-refractivity contribution in [2.45, 2.75) is 50.9 Å². The van der Waals surface area contributed by atoms with Crippen molar-refractivity contribution in [3.05, 3.63) is 71.4 Å². The van der Waals surface area contributed by atoms with Gasteiger partial charge in [0.1, 0.15) is 17.3 Å². The SMILES string of the molecule is C#Cc1ccc(CC(=O)C2(C3C[C@H]4CC(c5ccnc6ccc(F)cc56)C[C@H]4C3)CC2)cn1. The Kier molecular flexibility index (Phi) is 4.83. The number of hydrogen-bond acceptors (Lipinski definition) is 3. The fourth-order valence-electron chi connectivity index (χ4n) is 6.84. The molecule has 3 fully saturated rings. The summed E-state index contributed by atoms with van der Waals surface area (Å²) in [4.78, 5) is 22.0. The van der Waals surface area contributed by atoms with Crippen LogP contribution in [-0.2, 0) is 11.2 Å². The van der Waals surface area contributed by atoms with E-state index in [1.807, 2.05) is 18.3 Å². The first-order valence-electron chi connectivity index (χ1n) is 12.0. The van der Waals surface area contributed by atoms with Gasteiger partial charge in [0.15, 0.2) is 0 Å². The lowest BCUT2D eigenvalue weighted by Gasteiger charge is -2.24. The molecule has 4 heteroatoms. The number of carbonyl (C=O) groups is 1. The molecule has 0 radical (unpaired) electrons. The molecule has 0 amide bonds. The van der Waals surface area contributed by atoms with E-state index in [1.165, 1.54) is 11.6 Å². The van der Waals surface area contributed by atoms with Crippen LogP contribution in [0.3, 0.4) is 0 Å². The van der Waals surface area contributed by atoms with Gasteiger partial charge in [-0.2, -0.15) is 0 Å². The second-order valence-corrected chi connectivity index (χ2v) is 10.4. The molecule has 1 aromatic carbocycles. The third-order valence-corrected chi connectivity index (χ3v) is 8.66. The lowest BCUT2D eigenvalue weighted by molar-refractivity contribution is -0.125. The van der Waals surface area contributed by atoms with Crippen LogP contribution in [0.2, 0.25) is 0 Å². The van der Waals surface area contributed by atoms with Crippen molar-refractivity contribution in [1.29, 1.82) is 0 Å². The van der Waals surface area contributed by atoms with Gasteiger partial charge in [-0.1, -0.05) is 12.0 Å². The van der Waals surface area contributed by atoms with Gasteiger partial charge in [-0.15, -0.1) is 6.42 Å². The number of Topliss-reactive ketones (excluding diaryl/α,β-unsaturated/α-hetero) is 1. The Morgan fingerprint density at radius 2 is 1.85 bits per heavy atom. The van der Waals surface area contributed by atoms with Crippen molar-refractivity contribution in [3.8, 4) is 12.3 Å². The van der Waals surface area contributed by atoms with Crippen LogP contribution in [0.15, 0.2) is 48.8 Å². The van der Waals surface area contributed by atoms with Gasteiger partial charge in [-0.3, -0.25) is 9.78 Å². The van der Waals surface area contributed by atoms with Crippen molar-refractivity contribution in [1.82, 2.24) is 9.97 Å². The van der Waals surface area contributed by atoms with Crippen molar-refractivity contribution >= 4 is 16.7 Å². The summed E-state index contributed by atoms with van der Waals surface area (Å²) in [7, 11) is 0. The Morgan fingerprint density at radius 3 is 2.52 bits per heavy atom. The smallest absolute Gasteiger partial charge is 0.143 e. The molecule has 3 saturated carbocycles. The Morgan fingerprint density at radius 1 is 1.06 bits per heavy atom. The second kappa shape index (κ2) is 7.76. The summed E-state index contributed by atoms with van der Waals surface area (Å²) in [6.45, 7) is 0. The summed E-state index contributed by atoms with van der Waals surface area (Å²) >= 11 is 0. The lowest BCUT2D eigenvalue weighted by Crippen LogP contribution is -2.26. The average molecular weight is 439 g/mol. The molecule has 2 aromatic heterocycles. The number of hydrogen-bond donors (Lipinski definition) is 0. The highest BCUT2D eigenvalue weighted by molar-refractivity contribution is 5.89. The zero-order chi connectivity index (χ0) is 22.6. The normalized spacial score (nSPS) is 27.3. The van der Waals surface area contributed by atoms with E-state index in [0.717, 1.165) is 55.0 Å². The van der Waals surface area contributed by atoms with E-state index in [4.69, 9.17) is 6.42 Å². The zero-order valence-electron chi connectivity index (χ0n) is 18.6. The van der Waals surface area contributed by atoms with Gasteiger partial charge in [0, 0.05) is 29.6 Å². The molecule has 3 aliphatic carbocycles. The van der Waals surface area contributed by atoms with E-state index in [9.17, 15) is 9.18 Å². The molecule has 0 saturated heterocycles. The Labute approximate surface area is 193 Å². The first-order valence-corrected chi connectivity index (χ1v) is 12.0. The van der Waals surface area contributed by atoms with Crippen LogP contribution in [0.25, 0.3) is 10.9 Å². The molecule has 3 aromatic rings. The van der Waals surface area contributed by atoms with E-state index >= 15 is 0 Å². The largest absolute Gasteiger partial charge is 0.299 e. The number of ketones is 1. The van der Waals surface area contributed by atoms with Crippen LogP contribution < -0.4 is 0 Å². The minimum atomic E-state index is -0.201. The molecule has 166 valence electrons. The third-order valence-electron chi connectivity index (χ3n) is 8.66. The summed E-state index contributed by atoms with van der Waals surface area (Å²) < 4.78 is 13.9. The number of halogens is 1. The number of terminal acetylenes is 1. The van der Waals surface area contributed by atoms with Crippen LogP contribution >= 0.6 is 0 Å². The number of rotatable bonds is 5. The molecule has 2 unspecified atom stereocenters. The van der Waals surface area contributed by atoms with Crippen LogP contribution in [0.4, 0.5) is 4.39 Å². The summed E-state index contributed by atoms with van der Waals surface area (Å²) in [5.41, 5.74) is 3.56. The topological polar surface area (TPSA) is 42.9 Å². The highest BCUT2D eigenvalue weighted by Gasteiger charge is 2.58. The number of fused-ring (bicyclic) bond motifs is 2. The molecule has 0 N–H and O–H groups in total. The highest BCUT2D eigenvalue weighted by Crippen LogP contribution is 2.64. The van der Waals surface area contributed by atoms with E-state index in [0.29, 0.717) is 41.6 Å². The number of aromatic nitrogens is 2. The lowest BCUT2D eigenvalue weighted by atomic mass is 9.79. The van der Waals surface area contributed by atoms with Gasteiger partial charge in [0.25, 0.3) is 0 Å². The van der Waals surface area contributed by atoms with Crippen molar-refractivity contribution in [2.75, 3.05) is 0 Å². The second-order valence-electron chi connectivity index (χ2n) is 10.4. The molecule has 0 spiro atoms. The fourth-order valence-corrected chi connectivity index (χ4v) is 6.84. The Balaban J connectivity index is 1.15. The Bertz CT molecular complexity index is 1260. The standard InChI is InChI=1S/C29H27FN2O/c1-2-24-5-3-18(17-32-24)11-28(33)29(8-9-29)22-14-19-12-21(13-20(19)15-22)25-7-10-31-27-6-4-23(30)16-26(25)27/h1,3-7,10,16-17,19-22H,8-9,11-15H2/t19-,20+,21?,22?. The number of pyridine rings is 2. The number of nitrogens with zero attached hydrogens (tertiary/aromatic N) is 2. The zero-order valence-corrected chi connectivity index (χ0v) is 18.6. The molecular weight excluding hydrogens is 411 g/mol. The van der Waals surface area contributed by atoms with Gasteiger partial charge < -0.3 is 0 Å². The fraction of sp³-hybridized carbons (Fsp3) is 0.414. The first-order chi connectivity index (χ1) is 16.1. The monoisotopic (exact) mass is 438 g/mol. The molecular formula is C29H27FN2O. The van der Waals surface area contributed by atoms with Gasteiger partial charge >= 0.3 is 0 Å². The predicted molar refractivity (Wildman–Crippen MR) is 126 cm³/mol. The maximum Gasteiger partial charge on any atom is 0.143 e. The average Bonchev–Trinajstić information content (AvgIpc) is 3.40. The van der Waals surface area contributed by atoms with E-state index in [-0.39, 0.29) is 11.2 Å².